The summed E-state index contributed by atoms with van der Waals surface area (Å²) in [5.74, 6) is 0. The molecule has 2 atom stereocenters. The van der Waals surface area contributed by atoms with E-state index in [0.29, 0.717) is 22.1 Å². The van der Waals surface area contributed by atoms with Crippen molar-refractivity contribution >= 4 is 23.2 Å². The van der Waals surface area contributed by atoms with Gasteiger partial charge in [0.15, 0.2) is 0 Å². The van der Waals surface area contributed by atoms with Gasteiger partial charge in [-0.3, -0.25) is 4.90 Å². The molecule has 2 nitrogen and oxygen atoms in total. The zero-order chi connectivity index (χ0) is 13.8. The summed E-state index contributed by atoms with van der Waals surface area (Å²) >= 11 is 12.0. The molecule has 1 N–H and O–H groups in total. The van der Waals surface area contributed by atoms with Crippen LogP contribution >= 0.6 is 23.2 Å². The zero-order valence-corrected chi connectivity index (χ0v) is 13.1. The van der Waals surface area contributed by atoms with E-state index < -0.39 is 0 Å². The number of likely N-dealkylation sites (N-methyl/N-ethyl adjacent to an activating group) is 1. The van der Waals surface area contributed by atoms with Gasteiger partial charge in [0.1, 0.15) is 0 Å². The van der Waals surface area contributed by atoms with Crippen molar-refractivity contribution in [3.63, 3.8) is 0 Å². The van der Waals surface area contributed by atoms with E-state index in [1.165, 1.54) is 24.9 Å². The lowest BCUT2D eigenvalue weighted by Gasteiger charge is -2.25. The molecule has 1 saturated heterocycles. The average Bonchev–Trinajstić information content (AvgIpc) is 2.86. The van der Waals surface area contributed by atoms with E-state index in [2.05, 4.69) is 24.1 Å². The van der Waals surface area contributed by atoms with Crippen LogP contribution in [0.3, 0.4) is 0 Å². The predicted octanol–water partition coefficient (Wildman–Crippen LogP) is 4.13. The van der Waals surface area contributed by atoms with Gasteiger partial charge in [0.05, 0.1) is 10.0 Å². The monoisotopic (exact) mass is 300 g/mol. The molecule has 0 aromatic heterocycles. The van der Waals surface area contributed by atoms with Gasteiger partial charge in [0.25, 0.3) is 0 Å². The summed E-state index contributed by atoms with van der Waals surface area (Å²) in [7, 11) is 0. The molecule has 2 rings (SSSR count). The molecule has 0 aliphatic carbocycles. The molecule has 1 aromatic carbocycles. The number of hydrogen-bond acceptors (Lipinski definition) is 2. The lowest BCUT2D eigenvalue weighted by molar-refractivity contribution is 0.255. The van der Waals surface area contributed by atoms with Crippen LogP contribution in [0.15, 0.2) is 18.2 Å². The second kappa shape index (κ2) is 6.94. The maximum absolute atomic E-state index is 6.06. The van der Waals surface area contributed by atoms with E-state index in [0.717, 1.165) is 13.1 Å². The second-order valence-corrected chi connectivity index (χ2v) is 6.04. The zero-order valence-electron chi connectivity index (χ0n) is 11.6. The van der Waals surface area contributed by atoms with Crippen LogP contribution in [-0.2, 0) is 0 Å². The third kappa shape index (κ3) is 3.85. The minimum absolute atomic E-state index is 0.300. The first kappa shape index (κ1) is 15.1. The standard InChI is InChI=1S/C15H22Cl2N2/c1-3-19-8-4-5-13(19)10-18-11(2)12-6-7-14(16)15(17)9-12/h6-7,9,11,13,18H,3-5,8,10H2,1-2H3. The van der Waals surface area contributed by atoms with E-state index in [1.54, 1.807) is 0 Å². The van der Waals surface area contributed by atoms with Gasteiger partial charge >= 0.3 is 0 Å². The Bertz CT molecular complexity index is 423. The first-order valence-corrected chi connectivity index (χ1v) is 7.79. The number of benzene rings is 1. The Kier molecular flexibility index (Phi) is 5.52. The van der Waals surface area contributed by atoms with Crippen molar-refractivity contribution in [3.05, 3.63) is 33.8 Å². The molecule has 1 aliphatic heterocycles. The van der Waals surface area contributed by atoms with E-state index in [9.17, 15) is 0 Å². The lowest BCUT2D eigenvalue weighted by atomic mass is 10.1. The van der Waals surface area contributed by atoms with Gasteiger partial charge in [-0.1, -0.05) is 36.2 Å². The summed E-state index contributed by atoms with van der Waals surface area (Å²) < 4.78 is 0. The summed E-state index contributed by atoms with van der Waals surface area (Å²) in [6.45, 7) is 7.83. The number of rotatable bonds is 5. The molecule has 1 aliphatic rings. The van der Waals surface area contributed by atoms with Gasteiger partial charge in [-0.05, 0) is 50.6 Å². The van der Waals surface area contributed by atoms with Gasteiger partial charge in [0.2, 0.25) is 0 Å². The predicted molar refractivity (Wildman–Crippen MR) is 83.1 cm³/mol. The molecule has 19 heavy (non-hydrogen) atoms. The average molecular weight is 301 g/mol. The molecule has 1 fully saturated rings. The highest BCUT2D eigenvalue weighted by atomic mass is 35.5. The van der Waals surface area contributed by atoms with E-state index in [1.807, 2.05) is 18.2 Å². The molecule has 1 heterocycles. The van der Waals surface area contributed by atoms with Crippen LogP contribution in [-0.4, -0.2) is 30.6 Å². The first-order chi connectivity index (χ1) is 9.11. The largest absolute Gasteiger partial charge is 0.309 e. The number of likely N-dealkylation sites (tertiary alicyclic amines) is 1. The van der Waals surface area contributed by atoms with Crippen LogP contribution in [0.1, 0.15) is 38.3 Å². The Morgan fingerprint density at radius 1 is 1.37 bits per heavy atom. The highest BCUT2D eigenvalue weighted by Gasteiger charge is 2.23. The summed E-state index contributed by atoms with van der Waals surface area (Å²) in [5.41, 5.74) is 1.19. The normalized spacial score (nSPS) is 21.8. The third-order valence-corrected chi connectivity index (χ3v) is 4.75. The summed E-state index contributed by atoms with van der Waals surface area (Å²) in [6, 6.07) is 6.83. The molecule has 4 heteroatoms. The smallest absolute Gasteiger partial charge is 0.0595 e. The maximum Gasteiger partial charge on any atom is 0.0595 e. The lowest BCUT2D eigenvalue weighted by Crippen LogP contribution is -2.38. The van der Waals surface area contributed by atoms with Crippen molar-refractivity contribution in [3.8, 4) is 0 Å². The van der Waals surface area contributed by atoms with Crippen molar-refractivity contribution in [2.75, 3.05) is 19.6 Å². The van der Waals surface area contributed by atoms with Crippen LogP contribution in [0.5, 0.6) is 0 Å². The van der Waals surface area contributed by atoms with Crippen LogP contribution < -0.4 is 5.32 Å². The van der Waals surface area contributed by atoms with E-state index in [-0.39, 0.29) is 0 Å². The van der Waals surface area contributed by atoms with Crippen LogP contribution in [0.2, 0.25) is 10.0 Å². The van der Waals surface area contributed by atoms with Crippen molar-refractivity contribution in [1.29, 1.82) is 0 Å². The summed E-state index contributed by atoms with van der Waals surface area (Å²) in [6.07, 6.45) is 2.62. The number of halogens is 2. The first-order valence-electron chi connectivity index (χ1n) is 7.04. The van der Waals surface area contributed by atoms with Gasteiger partial charge in [0, 0.05) is 18.6 Å². The molecule has 0 radical (unpaired) electrons. The van der Waals surface area contributed by atoms with Gasteiger partial charge in [-0.2, -0.15) is 0 Å². The highest BCUT2D eigenvalue weighted by Crippen LogP contribution is 2.25. The quantitative estimate of drug-likeness (QED) is 0.879. The van der Waals surface area contributed by atoms with Crippen LogP contribution in [0.4, 0.5) is 0 Å². The molecular formula is C15H22Cl2N2. The van der Waals surface area contributed by atoms with Crippen molar-refractivity contribution in [2.45, 2.75) is 38.8 Å². The van der Waals surface area contributed by atoms with Crippen molar-refractivity contribution < 1.29 is 0 Å². The fourth-order valence-corrected chi connectivity index (χ4v) is 3.06. The van der Waals surface area contributed by atoms with Crippen LogP contribution in [0.25, 0.3) is 0 Å². The molecule has 106 valence electrons. The van der Waals surface area contributed by atoms with E-state index in [4.69, 9.17) is 23.2 Å². The minimum atomic E-state index is 0.300. The van der Waals surface area contributed by atoms with Gasteiger partial charge < -0.3 is 5.32 Å². The van der Waals surface area contributed by atoms with Crippen molar-refractivity contribution in [2.24, 2.45) is 0 Å². The minimum Gasteiger partial charge on any atom is -0.309 e. The Hall–Kier alpha value is -0.280. The second-order valence-electron chi connectivity index (χ2n) is 5.23. The Balaban J connectivity index is 1.90. The molecule has 1 aromatic rings. The van der Waals surface area contributed by atoms with Crippen LogP contribution in [0, 0.1) is 0 Å². The number of nitrogens with one attached hydrogen (secondary N) is 1. The SMILES string of the molecule is CCN1CCCC1CNC(C)c1ccc(Cl)c(Cl)c1. The molecule has 2 unspecified atom stereocenters. The summed E-state index contributed by atoms with van der Waals surface area (Å²) in [4.78, 5) is 2.55. The number of nitrogens with zero attached hydrogens (tertiary/aromatic N) is 1. The Morgan fingerprint density at radius 2 is 2.16 bits per heavy atom. The fourth-order valence-electron chi connectivity index (χ4n) is 2.76. The van der Waals surface area contributed by atoms with E-state index >= 15 is 0 Å². The molecule has 0 spiro atoms. The van der Waals surface area contributed by atoms with Crippen molar-refractivity contribution in [1.82, 2.24) is 10.2 Å². The van der Waals surface area contributed by atoms with Gasteiger partial charge in [-0.25, -0.2) is 0 Å². The maximum atomic E-state index is 6.06. The molecule has 0 amide bonds. The Labute approximate surface area is 126 Å². The topological polar surface area (TPSA) is 15.3 Å². The third-order valence-electron chi connectivity index (χ3n) is 4.01. The molecule has 0 saturated carbocycles. The molecular weight excluding hydrogens is 279 g/mol. The summed E-state index contributed by atoms with van der Waals surface area (Å²) in [5, 5.41) is 4.85. The Morgan fingerprint density at radius 3 is 2.84 bits per heavy atom. The highest BCUT2D eigenvalue weighted by molar-refractivity contribution is 6.42. The fraction of sp³-hybridized carbons (Fsp3) is 0.600. The molecule has 0 bridgehead atoms. The van der Waals surface area contributed by atoms with Gasteiger partial charge in [-0.15, -0.1) is 0 Å². The number of hydrogen-bond donors (Lipinski definition) is 1.